The van der Waals surface area contributed by atoms with E-state index in [0.717, 1.165) is 50.3 Å². The molecule has 0 N–H and O–H groups in total. The smallest absolute Gasteiger partial charge is 0.254 e. The molecule has 6 heteroatoms. The lowest BCUT2D eigenvalue weighted by Gasteiger charge is -2.34. The van der Waals surface area contributed by atoms with Crippen LogP contribution >= 0.6 is 0 Å². The molecule has 3 aromatic rings. The Morgan fingerprint density at radius 1 is 1.07 bits per heavy atom. The number of hydrogen-bond acceptors (Lipinski definition) is 4. The van der Waals surface area contributed by atoms with E-state index in [1.54, 1.807) is 0 Å². The third-order valence-corrected chi connectivity index (χ3v) is 5.19. The van der Waals surface area contributed by atoms with Crippen molar-refractivity contribution in [2.75, 3.05) is 32.7 Å². The first-order valence-corrected chi connectivity index (χ1v) is 9.81. The maximum atomic E-state index is 12.9. The summed E-state index contributed by atoms with van der Waals surface area (Å²) in [5, 5.41) is 8.29. The van der Waals surface area contributed by atoms with Crippen molar-refractivity contribution in [1.82, 2.24) is 24.8 Å². The Kier molecular flexibility index (Phi) is 5.48. The predicted molar refractivity (Wildman–Crippen MR) is 111 cm³/mol. The lowest BCUT2D eigenvalue weighted by molar-refractivity contribution is 0.0650. The van der Waals surface area contributed by atoms with Crippen molar-refractivity contribution in [3.63, 3.8) is 0 Å². The Bertz CT molecular complexity index is 971. The fourth-order valence-electron chi connectivity index (χ4n) is 3.56. The number of hydrogen-bond donors (Lipinski definition) is 0. The van der Waals surface area contributed by atoms with Crippen LogP contribution in [-0.2, 0) is 6.54 Å². The largest absolute Gasteiger partial charge is 0.336 e. The summed E-state index contributed by atoms with van der Waals surface area (Å²) in [6.07, 6.45) is 4.34. The number of aromatic nitrogens is 3. The van der Waals surface area contributed by atoms with Gasteiger partial charge in [-0.25, -0.2) is 4.68 Å². The number of carbonyl (C=O) groups is 1. The second-order valence-corrected chi connectivity index (χ2v) is 7.01. The predicted octanol–water partition coefficient (Wildman–Crippen LogP) is 2.92. The van der Waals surface area contributed by atoms with E-state index in [4.69, 9.17) is 0 Å². The zero-order valence-corrected chi connectivity index (χ0v) is 16.2. The minimum Gasteiger partial charge on any atom is -0.336 e. The van der Waals surface area contributed by atoms with Crippen molar-refractivity contribution in [2.45, 2.75) is 13.5 Å². The molecule has 1 saturated heterocycles. The van der Waals surface area contributed by atoms with Gasteiger partial charge in [-0.2, -0.15) is 0 Å². The number of fused-ring (bicyclic) bond motifs is 1. The zero-order chi connectivity index (χ0) is 19.3. The summed E-state index contributed by atoms with van der Waals surface area (Å²) < 4.78 is 1.84. The molecule has 0 saturated carbocycles. The molecule has 1 aromatic heterocycles. The zero-order valence-electron chi connectivity index (χ0n) is 16.2. The van der Waals surface area contributed by atoms with Crippen LogP contribution in [0.5, 0.6) is 0 Å². The molecular formula is C22H25N5O. The number of carbonyl (C=O) groups excluding carboxylic acids is 1. The van der Waals surface area contributed by atoms with Gasteiger partial charge in [0.05, 0.1) is 5.52 Å². The van der Waals surface area contributed by atoms with Gasteiger partial charge in [0, 0.05) is 44.8 Å². The molecule has 144 valence electrons. The monoisotopic (exact) mass is 375 g/mol. The van der Waals surface area contributed by atoms with Gasteiger partial charge in [0.1, 0.15) is 5.52 Å². The van der Waals surface area contributed by atoms with Crippen LogP contribution in [0.15, 0.2) is 54.6 Å². The second-order valence-electron chi connectivity index (χ2n) is 7.01. The van der Waals surface area contributed by atoms with Gasteiger partial charge in [-0.3, -0.25) is 9.69 Å². The highest BCUT2D eigenvalue weighted by Gasteiger charge is 2.22. The van der Waals surface area contributed by atoms with Gasteiger partial charge < -0.3 is 4.90 Å². The van der Waals surface area contributed by atoms with E-state index in [1.807, 2.05) is 52.9 Å². The molecule has 0 radical (unpaired) electrons. The van der Waals surface area contributed by atoms with E-state index in [2.05, 4.69) is 39.5 Å². The van der Waals surface area contributed by atoms with Crippen LogP contribution in [0.4, 0.5) is 0 Å². The highest BCUT2D eigenvalue weighted by molar-refractivity contribution is 5.97. The summed E-state index contributed by atoms with van der Waals surface area (Å²) in [5.74, 6) is 0.0763. The summed E-state index contributed by atoms with van der Waals surface area (Å²) in [5.41, 5.74) is 3.64. The van der Waals surface area contributed by atoms with Gasteiger partial charge >= 0.3 is 0 Å². The van der Waals surface area contributed by atoms with Crippen molar-refractivity contribution in [3.05, 3.63) is 65.7 Å². The maximum Gasteiger partial charge on any atom is 0.254 e. The third-order valence-electron chi connectivity index (χ3n) is 5.19. The van der Waals surface area contributed by atoms with Crippen molar-refractivity contribution < 1.29 is 4.79 Å². The summed E-state index contributed by atoms with van der Waals surface area (Å²) >= 11 is 0. The summed E-state index contributed by atoms with van der Waals surface area (Å²) in [6, 6.07) is 16.0. The van der Waals surface area contributed by atoms with E-state index < -0.39 is 0 Å². The fraction of sp³-hybridized carbons (Fsp3) is 0.318. The summed E-state index contributed by atoms with van der Waals surface area (Å²) in [7, 11) is 0. The quantitative estimate of drug-likeness (QED) is 0.688. The molecule has 2 aromatic carbocycles. The topological polar surface area (TPSA) is 54.3 Å². The Morgan fingerprint density at radius 2 is 1.86 bits per heavy atom. The summed E-state index contributed by atoms with van der Waals surface area (Å²) in [6.45, 7) is 6.98. The van der Waals surface area contributed by atoms with E-state index in [9.17, 15) is 4.79 Å². The Labute approximate surface area is 165 Å². The molecule has 1 aliphatic rings. The van der Waals surface area contributed by atoms with E-state index in [1.165, 1.54) is 5.56 Å². The number of benzene rings is 2. The molecule has 0 bridgehead atoms. The normalized spacial score (nSPS) is 15.5. The first-order chi connectivity index (χ1) is 13.7. The van der Waals surface area contributed by atoms with Crippen molar-refractivity contribution in [2.24, 2.45) is 0 Å². The lowest BCUT2D eigenvalue weighted by atomic mass is 10.1. The molecule has 6 nitrogen and oxygen atoms in total. The molecule has 0 unspecified atom stereocenters. The molecular weight excluding hydrogens is 350 g/mol. The minimum atomic E-state index is 0.0763. The SMILES string of the molecule is CCn1nnc2cc(C(=O)N3CCN(CC=Cc4ccccc4)CC3)ccc21. The van der Waals surface area contributed by atoms with Gasteiger partial charge in [-0.1, -0.05) is 47.7 Å². The molecule has 0 aliphatic carbocycles. The van der Waals surface area contributed by atoms with Crippen LogP contribution in [0.1, 0.15) is 22.8 Å². The van der Waals surface area contributed by atoms with Crippen LogP contribution < -0.4 is 0 Å². The van der Waals surface area contributed by atoms with Crippen LogP contribution in [-0.4, -0.2) is 63.4 Å². The second kappa shape index (κ2) is 8.35. The van der Waals surface area contributed by atoms with Crippen LogP contribution in [0.2, 0.25) is 0 Å². The van der Waals surface area contributed by atoms with Gasteiger partial charge in [0.2, 0.25) is 0 Å². The standard InChI is InChI=1S/C22H25N5O/c1-2-27-21-11-10-19(17-20(21)23-24-27)22(28)26-15-13-25(14-16-26)12-6-9-18-7-4-3-5-8-18/h3-11,17H,2,12-16H2,1H3. The third kappa shape index (κ3) is 3.97. The first kappa shape index (κ1) is 18.4. The maximum absolute atomic E-state index is 12.9. The molecule has 0 spiro atoms. The van der Waals surface area contributed by atoms with Crippen molar-refractivity contribution >= 4 is 23.0 Å². The number of aryl methyl sites for hydroxylation is 1. The average molecular weight is 375 g/mol. The van der Waals surface area contributed by atoms with Crippen molar-refractivity contribution in [3.8, 4) is 0 Å². The van der Waals surface area contributed by atoms with E-state index >= 15 is 0 Å². The molecule has 28 heavy (non-hydrogen) atoms. The molecule has 0 atom stereocenters. The van der Waals surface area contributed by atoms with Crippen molar-refractivity contribution in [1.29, 1.82) is 0 Å². The molecule has 2 heterocycles. The molecule has 1 fully saturated rings. The Balaban J connectivity index is 1.33. The van der Waals surface area contributed by atoms with Crippen LogP contribution in [0.3, 0.4) is 0 Å². The number of piperazine rings is 1. The Hall–Kier alpha value is -2.99. The lowest BCUT2D eigenvalue weighted by Crippen LogP contribution is -2.48. The van der Waals surface area contributed by atoms with Gasteiger partial charge in [-0.15, -0.1) is 5.10 Å². The van der Waals surface area contributed by atoms with Crippen LogP contribution in [0, 0.1) is 0 Å². The molecule has 1 amide bonds. The average Bonchev–Trinajstić information content (AvgIpc) is 3.17. The molecule has 4 rings (SSSR count). The van der Waals surface area contributed by atoms with Crippen LogP contribution in [0.25, 0.3) is 17.1 Å². The van der Waals surface area contributed by atoms with E-state index in [0.29, 0.717) is 5.56 Å². The number of amides is 1. The van der Waals surface area contributed by atoms with Gasteiger partial charge in [-0.05, 0) is 30.7 Å². The fourth-order valence-corrected chi connectivity index (χ4v) is 3.56. The molecule has 1 aliphatic heterocycles. The number of rotatable bonds is 5. The highest BCUT2D eigenvalue weighted by Crippen LogP contribution is 2.16. The summed E-state index contributed by atoms with van der Waals surface area (Å²) in [4.78, 5) is 17.2. The number of nitrogens with zero attached hydrogens (tertiary/aromatic N) is 5. The minimum absolute atomic E-state index is 0.0763. The first-order valence-electron chi connectivity index (χ1n) is 9.81. The van der Waals surface area contributed by atoms with E-state index in [-0.39, 0.29) is 5.91 Å². The van der Waals surface area contributed by atoms with Gasteiger partial charge in [0.15, 0.2) is 0 Å². The highest BCUT2D eigenvalue weighted by atomic mass is 16.2. The Morgan fingerprint density at radius 3 is 2.61 bits per heavy atom. The van der Waals surface area contributed by atoms with Gasteiger partial charge in [0.25, 0.3) is 5.91 Å².